The summed E-state index contributed by atoms with van der Waals surface area (Å²) in [7, 11) is 0. The molecular formula is C19H22N2O2. The highest BCUT2D eigenvalue weighted by Crippen LogP contribution is 2.52. The molecule has 0 spiro atoms. The first kappa shape index (κ1) is 14.6. The van der Waals surface area contributed by atoms with Crippen LogP contribution in [0.4, 0.5) is 0 Å². The number of rotatable bonds is 3. The maximum atomic E-state index is 12.9. The number of benzene rings is 1. The van der Waals surface area contributed by atoms with Crippen LogP contribution in [0.15, 0.2) is 30.3 Å². The van der Waals surface area contributed by atoms with Crippen LogP contribution in [0.25, 0.3) is 0 Å². The fourth-order valence-electron chi connectivity index (χ4n) is 4.44. The molecule has 5 rings (SSSR count). The number of carbonyl (C=O) groups is 1. The molecular weight excluding hydrogens is 288 g/mol. The Bertz CT molecular complexity index is 618. The van der Waals surface area contributed by atoms with E-state index in [9.17, 15) is 10.1 Å². The number of carbonyl (C=O) groups excluding carboxylic acids is 1. The first-order valence-electron chi connectivity index (χ1n) is 8.64. The van der Waals surface area contributed by atoms with E-state index >= 15 is 0 Å². The molecule has 3 atom stereocenters. The molecule has 4 heteroatoms. The molecule has 4 aliphatic rings. The van der Waals surface area contributed by atoms with Gasteiger partial charge in [-0.1, -0.05) is 18.2 Å². The third kappa shape index (κ3) is 2.69. The predicted octanol–water partition coefficient (Wildman–Crippen LogP) is 2.85. The second-order valence-electron chi connectivity index (χ2n) is 7.20. The number of likely N-dealkylation sites (tertiary alicyclic amines) is 1. The molecule has 4 nitrogen and oxygen atoms in total. The summed E-state index contributed by atoms with van der Waals surface area (Å²) in [5.41, 5.74) is 0. The first-order chi connectivity index (χ1) is 11.2. The van der Waals surface area contributed by atoms with Gasteiger partial charge in [0.05, 0.1) is 12.6 Å². The zero-order chi connectivity index (χ0) is 15.8. The van der Waals surface area contributed by atoms with Gasteiger partial charge in [-0.05, 0) is 43.2 Å². The minimum atomic E-state index is 0.0696. The second kappa shape index (κ2) is 5.88. The van der Waals surface area contributed by atoms with Crippen LogP contribution >= 0.6 is 0 Å². The van der Waals surface area contributed by atoms with Crippen LogP contribution in [0.1, 0.15) is 25.7 Å². The summed E-state index contributed by atoms with van der Waals surface area (Å²) < 4.78 is 5.98. The third-order valence-corrected chi connectivity index (χ3v) is 5.84. The maximum Gasteiger partial charge on any atom is 0.226 e. The van der Waals surface area contributed by atoms with Crippen molar-refractivity contribution in [3.05, 3.63) is 30.3 Å². The molecule has 2 unspecified atom stereocenters. The smallest absolute Gasteiger partial charge is 0.226 e. The molecule has 0 radical (unpaired) electrons. The second-order valence-corrected chi connectivity index (χ2v) is 7.20. The van der Waals surface area contributed by atoms with Gasteiger partial charge in [0.25, 0.3) is 0 Å². The number of fused-ring (bicyclic) bond motifs is 2. The Labute approximate surface area is 137 Å². The van der Waals surface area contributed by atoms with Crippen LogP contribution in [0.5, 0.6) is 5.75 Å². The van der Waals surface area contributed by atoms with E-state index in [1.807, 2.05) is 35.2 Å². The van der Waals surface area contributed by atoms with Gasteiger partial charge >= 0.3 is 0 Å². The van der Waals surface area contributed by atoms with E-state index in [0.717, 1.165) is 38.0 Å². The topological polar surface area (TPSA) is 53.3 Å². The standard InChI is InChI=1S/C19H22N2O2/c20-11-15-10-18(14-8-13(15)9-14)19(22)21-7-6-17(12-21)23-16-4-2-1-3-5-16/h1-5,13-15,17-18H,6-10,12H2/t13?,14?,15?,17?,18-/m0/s1. The maximum absolute atomic E-state index is 12.9. The van der Waals surface area contributed by atoms with E-state index in [-0.39, 0.29) is 23.8 Å². The van der Waals surface area contributed by atoms with Crippen molar-refractivity contribution >= 4 is 5.91 Å². The Balaban J connectivity index is 1.36. The molecule has 120 valence electrons. The molecule has 23 heavy (non-hydrogen) atoms. The van der Waals surface area contributed by atoms with E-state index in [0.29, 0.717) is 18.4 Å². The number of ether oxygens (including phenoxy) is 1. The lowest BCUT2D eigenvalue weighted by Gasteiger charge is -2.49. The van der Waals surface area contributed by atoms with Crippen LogP contribution in [0.3, 0.4) is 0 Å². The van der Waals surface area contributed by atoms with Crippen molar-refractivity contribution in [1.82, 2.24) is 4.90 Å². The summed E-state index contributed by atoms with van der Waals surface area (Å²) in [5, 5.41) is 9.26. The highest BCUT2D eigenvalue weighted by atomic mass is 16.5. The number of nitriles is 1. The Kier molecular flexibility index (Phi) is 3.72. The average molecular weight is 310 g/mol. The van der Waals surface area contributed by atoms with Crippen molar-refractivity contribution in [2.75, 3.05) is 13.1 Å². The van der Waals surface area contributed by atoms with Crippen molar-refractivity contribution in [3.63, 3.8) is 0 Å². The lowest BCUT2D eigenvalue weighted by molar-refractivity contribution is -0.143. The molecule has 1 amide bonds. The van der Waals surface area contributed by atoms with Gasteiger partial charge in [-0.3, -0.25) is 4.79 Å². The number of hydrogen-bond donors (Lipinski definition) is 0. The van der Waals surface area contributed by atoms with Crippen molar-refractivity contribution in [3.8, 4) is 11.8 Å². The molecule has 1 saturated heterocycles. The van der Waals surface area contributed by atoms with Gasteiger partial charge in [-0.15, -0.1) is 0 Å². The zero-order valence-electron chi connectivity index (χ0n) is 13.2. The average Bonchev–Trinajstić information content (AvgIpc) is 3.02. The molecule has 3 aliphatic carbocycles. The fourth-order valence-corrected chi connectivity index (χ4v) is 4.44. The Hall–Kier alpha value is -2.02. The number of hydrogen-bond acceptors (Lipinski definition) is 3. The third-order valence-electron chi connectivity index (χ3n) is 5.84. The largest absolute Gasteiger partial charge is 0.489 e. The molecule has 3 saturated carbocycles. The molecule has 0 aromatic heterocycles. The summed E-state index contributed by atoms with van der Waals surface area (Å²) in [6.45, 7) is 1.46. The normalized spacial score (nSPS) is 35.3. The molecule has 1 aliphatic heterocycles. The van der Waals surface area contributed by atoms with E-state index in [2.05, 4.69) is 6.07 Å². The number of amides is 1. The van der Waals surface area contributed by atoms with E-state index < -0.39 is 0 Å². The van der Waals surface area contributed by atoms with Gasteiger partial charge in [-0.2, -0.15) is 5.26 Å². The van der Waals surface area contributed by atoms with Gasteiger partial charge in [0.2, 0.25) is 5.91 Å². The minimum Gasteiger partial charge on any atom is -0.489 e. The summed E-state index contributed by atoms with van der Waals surface area (Å²) >= 11 is 0. The Morgan fingerprint density at radius 2 is 1.96 bits per heavy atom. The summed E-state index contributed by atoms with van der Waals surface area (Å²) in [6, 6.07) is 12.2. The molecule has 2 bridgehead atoms. The van der Waals surface area contributed by atoms with Gasteiger partial charge in [0.15, 0.2) is 0 Å². The zero-order valence-corrected chi connectivity index (χ0v) is 13.2. The summed E-state index contributed by atoms with van der Waals surface area (Å²) in [4.78, 5) is 14.8. The van der Waals surface area contributed by atoms with Crippen molar-refractivity contribution in [1.29, 1.82) is 5.26 Å². The van der Waals surface area contributed by atoms with E-state index in [1.54, 1.807) is 0 Å². The number of nitrogens with zero attached hydrogens (tertiary/aromatic N) is 2. The van der Waals surface area contributed by atoms with Crippen LogP contribution < -0.4 is 4.74 Å². The van der Waals surface area contributed by atoms with Crippen LogP contribution in [-0.4, -0.2) is 30.0 Å². The molecule has 4 fully saturated rings. The first-order valence-corrected chi connectivity index (χ1v) is 8.64. The summed E-state index contributed by atoms with van der Waals surface area (Å²) in [5.74, 6) is 2.37. The lowest BCUT2D eigenvalue weighted by Crippen LogP contribution is -2.49. The van der Waals surface area contributed by atoms with Gasteiger partial charge in [0, 0.05) is 24.8 Å². The van der Waals surface area contributed by atoms with Gasteiger partial charge in [-0.25, -0.2) is 0 Å². The predicted molar refractivity (Wildman–Crippen MR) is 85.5 cm³/mol. The Morgan fingerprint density at radius 3 is 2.70 bits per heavy atom. The van der Waals surface area contributed by atoms with Crippen LogP contribution in [0.2, 0.25) is 0 Å². The van der Waals surface area contributed by atoms with E-state index in [4.69, 9.17) is 4.74 Å². The van der Waals surface area contributed by atoms with Gasteiger partial charge < -0.3 is 9.64 Å². The lowest BCUT2D eigenvalue weighted by atomic mass is 9.55. The monoisotopic (exact) mass is 310 g/mol. The minimum absolute atomic E-state index is 0.0696. The van der Waals surface area contributed by atoms with Gasteiger partial charge in [0.1, 0.15) is 11.9 Å². The Morgan fingerprint density at radius 1 is 1.17 bits per heavy atom. The fraction of sp³-hybridized carbons (Fsp3) is 0.579. The summed E-state index contributed by atoms with van der Waals surface area (Å²) in [6.07, 6.45) is 3.90. The van der Waals surface area contributed by atoms with Crippen LogP contribution in [0, 0.1) is 35.0 Å². The molecule has 0 N–H and O–H groups in total. The number of para-hydroxylation sites is 1. The molecule has 1 aromatic carbocycles. The molecule has 1 aromatic rings. The van der Waals surface area contributed by atoms with Crippen molar-refractivity contribution in [2.24, 2.45) is 23.7 Å². The highest BCUT2D eigenvalue weighted by molar-refractivity contribution is 5.80. The van der Waals surface area contributed by atoms with Crippen molar-refractivity contribution < 1.29 is 9.53 Å². The van der Waals surface area contributed by atoms with E-state index in [1.165, 1.54) is 0 Å². The SMILES string of the molecule is N#CC1C[C@H](C(=O)N2CCC(Oc3ccccc3)C2)C2CC1C2. The molecule has 1 heterocycles. The quantitative estimate of drug-likeness (QED) is 0.862. The highest BCUT2D eigenvalue weighted by Gasteiger charge is 2.50. The van der Waals surface area contributed by atoms with Crippen LogP contribution in [-0.2, 0) is 4.79 Å². The van der Waals surface area contributed by atoms with Crippen molar-refractivity contribution in [2.45, 2.75) is 31.8 Å².